The molecule has 7 heteroatoms. The molecule has 0 radical (unpaired) electrons. The summed E-state index contributed by atoms with van der Waals surface area (Å²) in [6.07, 6.45) is 0.924. The minimum absolute atomic E-state index is 0.0600. The highest BCUT2D eigenvalue weighted by atomic mass is 32.2. The van der Waals surface area contributed by atoms with Gasteiger partial charge in [-0.1, -0.05) is 13.8 Å². The molecule has 2 fully saturated rings. The van der Waals surface area contributed by atoms with Gasteiger partial charge in [0, 0.05) is 18.3 Å². The van der Waals surface area contributed by atoms with Gasteiger partial charge in [-0.05, 0) is 25.9 Å². The Kier molecular flexibility index (Phi) is 4.80. The van der Waals surface area contributed by atoms with E-state index in [1.165, 1.54) is 4.90 Å². The second-order valence-corrected chi connectivity index (χ2v) is 7.08. The lowest BCUT2D eigenvalue weighted by molar-refractivity contribution is -0.141. The van der Waals surface area contributed by atoms with Gasteiger partial charge in [0.15, 0.2) is 0 Å². The molecule has 0 aromatic heterocycles. The molecule has 3 atom stereocenters. The number of carbonyl (C=O) groups is 2. The molecular formula is C13H23N3O3S. The van der Waals surface area contributed by atoms with Gasteiger partial charge in [0.05, 0.1) is 5.37 Å². The molecular weight excluding hydrogens is 278 g/mol. The highest BCUT2D eigenvalue weighted by Crippen LogP contribution is 2.34. The van der Waals surface area contributed by atoms with E-state index in [-0.39, 0.29) is 23.4 Å². The Morgan fingerprint density at radius 3 is 2.60 bits per heavy atom. The van der Waals surface area contributed by atoms with Crippen LogP contribution in [-0.2, 0) is 4.79 Å². The number of carboxylic acids is 1. The summed E-state index contributed by atoms with van der Waals surface area (Å²) in [6.45, 7) is 5.84. The molecule has 2 saturated heterocycles. The molecule has 0 aliphatic carbocycles. The Hall–Kier alpha value is -0.950. The van der Waals surface area contributed by atoms with Crippen LogP contribution in [0.1, 0.15) is 20.3 Å². The smallest absolute Gasteiger partial charge is 0.327 e. The van der Waals surface area contributed by atoms with Gasteiger partial charge in [-0.2, -0.15) is 0 Å². The fourth-order valence-electron chi connectivity index (χ4n) is 2.79. The molecule has 2 N–H and O–H groups in total. The normalized spacial score (nSPS) is 31.0. The summed E-state index contributed by atoms with van der Waals surface area (Å²) in [5.74, 6) is -0.211. The number of hydrogen-bond donors (Lipinski definition) is 2. The van der Waals surface area contributed by atoms with Crippen molar-refractivity contribution in [3.8, 4) is 0 Å². The van der Waals surface area contributed by atoms with Gasteiger partial charge >= 0.3 is 12.0 Å². The lowest BCUT2D eigenvalue weighted by Gasteiger charge is -2.31. The molecule has 2 aliphatic rings. The van der Waals surface area contributed by atoms with Crippen LogP contribution in [0.4, 0.5) is 4.79 Å². The Bertz CT molecular complexity index is 391. The molecule has 2 aliphatic heterocycles. The van der Waals surface area contributed by atoms with E-state index >= 15 is 0 Å². The van der Waals surface area contributed by atoms with E-state index in [0.29, 0.717) is 5.75 Å². The SMILES string of the molecule is CC(C)C1SCC(C(=O)O)N1C(=O)NC1CCN(C)C1. The van der Waals surface area contributed by atoms with Crippen LogP contribution in [0.25, 0.3) is 0 Å². The van der Waals surface area contributed by atoms with E-state index in [4.69, 9.17) is 0 Å². The molecule has 20 heavy (non-hydrogen) atoms. The van der Waals surface area contributed by atoms with Gasteiger partial charge in [-0.3, -0.25) is 4.90 Å². The van der Waals surface area contributed by atoms with E-state index in [0.717, 1.165) is 19.5 Å². The molecule has 0 saturated carbocycles. The van der Waals surface area contributed by atoms with Crippen molar-refractivity contribution in [2.45, 2.75) is 37.7 Å². The first-order valence-electron chi connectivity index (χ1n) is 7.02. The zero-order valence-electron chi connectivity index (χ0n) is 12.2. The Balaban J connectivity index is 2.05. The van der Waals surface area contributed by atoms with Crippen LogP contribution >= 0.6 is 11.8 Å². The Morgan fingerprint density at radius 2 is 2.10 bits per heavy atom. The first-order valence-corrected chi connectivity index (χ1v) is 8.06. The summed E-state index contributed by atoms with van der Waals surface area (Å²) in [4.78, 5) is 27.5. The summed E-state index contributed by atoms with van der Waals surface area (Å²) in [5.41, 5.74) is 0. The van der Waals surface area contributed by atoms with E-state index < -0.39 is 12.0 Å². The number of thioether (sulfide) groups is 1. The van der Waals surface area contributed by atoms with Crippen LogP contribution in [0.15, 0.2) is 0 Å². The summed E-state index contributed by atoms with van der Waals surface area (Å²) >= 11 is 1.56. The standard InChI is InChI=1S/C13H23N3O3S/c1-8(2)11-16(10(7-20-11)12(17)18)13(19)14-9-4-5-15(3)6-9/h8-11H,4-7H2,1-3H3,(H,14,19)(H,17,18). The van der Waals surface area contributed by atoms with Crippen molar-refractivity contribution in [1.82, 2.24) is 15.1 Å². The molecule has 0 bridgehead atoms. The van der Waals surface area contributed by atoms with Crippen LogP contribution in [0, 0.1) is 5.92 Å². The average Bonchev–Trinajstić information content (AvgIpc) is 2.95. The number of carboxylic acid groups (broad SMARTS) is 1. The molecule has 6 nitrogen and oxygen atoms in total. The van der Waals surface area contributed by atoms with Gasteiger partial charge in [-0.25, -0.2) is 9.59 Å². The number of nitrogens with one attached hydrogen (secondary N) is 1. The number of likely N-dealkylation sites (N-methyl/N-ethyl adjacent to an activating group) is 1. The molecule has 0 spiro atoms. The van der Waals surface area contributed by atoms with Crippen molar-refractivity contribution in [3.05, 3.63) is 0 Å². The molecule has 2 amide bonds. The first kappa shape index (κ1) is 15.4. The zero-order valence-corrected chi connectivity index (χ0v) is 13.0. The number of urea groups is 1. The van der Waals surface area contributed by atoms with Crippen LogP contribution in [0.2, 0.25) is 0 Å². The third kappa shape index (κ3) is 3.20. The summed E-state index contributed by atoms with van der Waals surface area (Å²) in [6, 6.07) is -0.826. The lowest BCUT2D eigenvalue weighted by atomic mass is 10.1. The summed E-state index contributed by atoms with van der Waals surface area (Å²) in [7, 11) is 2.02. The van der Waals surface area contributed by atoms with Crippen molar-refractivity contribution in [2.24, 2.45) is 5.92 Å². The minimum Gasteiger partial charge on any atom is -0.480 e. The van der Waals surface area contributed by atoms with Gasteiger partial charge in [0.2, 0.25) is 0 Å². The number of aliphatic carboxylic acids is 1. The quantitative estimate of drug-likeness (QED) is 0.810. The second-order valence-electron chi connectivity index (χ2n) is 5.93. The molecule has 0 aromatic rings. The zero-order chi connectivity index (χ0) is 14.9. The number of nitrogens with zero attached hydrogens (tertiary/aromatic N) is 2. The van der Waals surface area contributed by atoms with Gasteiger partial charge < -0.3 is 15.3 Å². The number of hydrogen-bond acceptors (Lipinski definition) is 4. The van der Waals surface area contributed by atoms with Gasteiger partial charge in [0.25, 0.3) is 0 Å². The minimum atomic E-state index is -0.917. The number of carbonyl (C=O) groups excluding carboxylic acids is 1. The van der Waals surface area contributed by atoms with E-state index in [9.17, 15) is 14.7 Å². The fourth-order valence-corrected chi connectivity index (χ4v) is 4.26. The average molecular weight is 301 g/mol. The van der Waals surface area contributed by atoms with E-state index in [2.05, 4.69) is 10.2 Å². The third-order valence-electron chi connectivity index (χ3n) is 3.84. The van der Waals surface area contributed by atoms with Crippen LogP contribution in [-0.4, -0.2) is 70.3 Å². The highest BCUT2D eigenvalue weighted by molar-refractivity contribution is 8.00. The second kappa shape index (κ2) is 6.22. The van der Waals surface area contributed by atoms with Gasteiger partial charge in [-0.15, -0.1) is 11.8 Å². The maximum atomic E-state index is 12.5. The first-order chi connectivity index (χ1) is 9.40. The maximum Gasteiger partial charge on any atom is 0.327 e. The third-order valence-corrected chi connectivity index (χ3v) is 5.46. The van der Waals surface area contributed by atoms with Crippen molar-refractivity contribution in [1.29, 1.82) is 0 Å². The van der Waals surface area contributed by atoms with Crippen LogP contribution in [0.3, 0.4) is 0 Å². The number of likely N-dealkylation sites (tertiary alicyclic amines) is 1. The largest absolute Gasteiger partial charge is 0.480 e. The lowest BCUT2D eigenvalue weighted by Crippen LogP contribution is -2.53. The topological polar surface area (TPSA) is 72.9 Å². The van der Waals surface area contributed by atoms with Crippen LogP contribution in [0.5, 0.6) is 0 Å². The van der Waals surface area contributed by atoms with Crippen molar-refractivity contribution in [2.75, 3.05) is 25.9 Å². The predicted octanol–water partition coefficient (Wildman–Crippen LogP) is 0.884. The van der Waals surface area contributed by atoms with Crippen molar-refractivity contribution in [3.63, 3.8) is 0 Å². The summed E-state index contributed by atoms with van der Waals surface area (Å²) in [5, 5.41) is 12.2. The monoisotopic (exact) mass is 301 g/mol. The molecule has 0 aromatic carbocycles. The molecule has 3 unspecified atom stereocenters. The maximum absolute atomic E-state index is 12.5. The van der Waals surface area contributed by atoms with Crippen molar-refractivity contribution >= 4 is 23.8 Å². The molecule has 2 heterocycles. The number of rotatable bonds is 3. The Labute approximate surface area is 123 Å². The van der Waals surface area contributed by atoms with E-state index in [1.54, 1.807) is 11.8 Å². The van der Waals surface area contributed by atoms with Crippen LogP contribution < -0.4 is 5.32 Å². The molecule has 2 rings (SSSR count). The summed E-state index contributed by atoms with van der Waals surface area (Å²) < 4.78 is 0. The van der Waals surface area contributed by atoms with Crippen molar-refractivity contribution < 1.29 is 14.7 Å². The fraction of sp³-hybridized carbons (Fsp3) is 0.846. The number of amides is 2. The predicted molar refractivity (Wildman–Crippen MR) is 78.8 cm³/mol. The van der Waals surface area contributed by atoms with E-state index in [1.807, 2.05) is 20.9 Å². The highest BCUT2D eigenvalue weighted by Gasteiger charge is 2.43. The van der Waals surface area contributed by atoms with Gasteiger partial charge in [0.1, 0.15) is 6.04 Å². The Morgan fingerprint density at radius 1 is 1.40 bits per heavy atom. The molecule has 114 valence electrons.